The number of hydrogen-bond donors (Lipinski definition) is 2. The molecule has 3 aliphatic heterocycles. The fraction of sp³-hybridized carbons (Fsp3) is 0.462. The molecule has 8 nitrogen and oxygen atoms in total. The second kappa shape index (κ2) is 11.3. The van der Waals surface area contributed by atoms with E-state index in [4.69, 9.17) is 9.73 Å². The molecule has 2 N–H and O–H groups in total. The largest absolute Gasteiger partial charge is 0.463 e. The van der Waals surface area contributed by atoms with Gasteiger partial charge in [-0.05, 0) is 56.2 Å². The molecule has 0 saturated carbocycles. The highest BCUT2D eigenvalue weighted by Gasteiger charge is 2.37. The van der Waals surface area contributed by atoms with Crippen LogP contribution in [0.2, 0.25) is 0 Å². The number of halogens is 2. The normalized spacial score (nSPS) is 24.0. The molecule has 0 radical (unpaired) electrons. The molecule has 2 amide bonds. The van der Waals surface area contributed by atoms with Crippen LogP contribution in [0.4, 0.5) is 9.18 Å². The Labute approximate surface area is 227 Å². The van der Waals surface area contributed by atoms with Crippen molar-refractivity contribution in [3.05, 3.63) is 61.9 Å². The summed E-state index contributed by atoms with van der Waals surface area (Å²) in [7, 11) is 0. The third-order valence-electron chi connectivity index (χ3n) is 7.06. The van der Waals surface area contributed by atoms with Crippen LogP contribution in [0.1, 0.15) is 55.6 Å². The average Bonchev–Trinajstić information content (AvgIpc) is 3.50. The lowest BCUT2D eigenvalue weighted by Crippen LogP contribution is -2.39. The van der Waals surface area contributed by atoms with E-state index in [-0.39, 0.29) is 30.4 Å². The van der Waals surface area contributed by atoms with Gasteiger partial charge in [-0.25, -0.2) is 19.0 Å². The summed E-state index contributed by atoms with van der Waals surface area (Å²) >= 11 is 4.93. The highest BCUT2D eigenvalue weighted by atomic mass is 79.9. The number of fused-ring (bicyclic) bond motifs is 1. The van der Waals surface area contributed by atoms with E-state index in [0.717, 1.165) is 37.9 Å². The molecule has 2 aromatic rings. The van der Waals surface area contributed by atoms with Crippen molar-refractivity contribution in [3.8, 4) is 0 Å². The van der Waals surface area contributed by atoms with Crippen molar-refractivity contribution in [2.75, 3.05) is 19.7 Å². The number of nitrogens with one attached hydrogen (secondary N) is 2. The van der Waals surface area contributed by atoms with E-state index < -0.39 is 12.0 Å². The van der Waals surface area contributed by atoms with E-state index in [1.807, 2.05) is 10.3 Å². The molecule has 1 aromatic heterocycles. The van der Waals surface area contributed by atoms with Crippen LogP contribution in [0.15, 0.2) is 50.5 Å². The summed E-state index contributed by atoms with van der Waals surface area (Å²) < 4.78 is 20.0. The molecule has 3 aliphatic rings. The zero-order chi connectivity index (χ0) is 25.9. The standard InChI is InChI=1S/C26H29BrFN5O3S/c1-2-36-25(34)21-20(12-15-5-3-4-9-33-17(11-15)14-30-26(33)35)31-23(24-29-8-10-37-24)32-22(21)18-7-6-16(28)13-19(18)27/h6-8,10,13,15,17,22H,2-5,9,11-12,14H2,1H3,(H,30,35)(H,31,32). The lowest BCUT2D eigenvalue weighted by atomic mass is 9.85. The molecule has 2 saturated heterocycles. The number of amides is 2. The minimum absolute atomic E-state index is 0.00674. The van der Waals surface area contributed by atoms with Crippen molar-refractivity contribution in [1.82, 2.24) is 20.5 Å². The van der Waals surface area contributed by atoms with Gasteiger partial charge in [-0.1, -0.05) is 28.4 Å². The molecule has 4 heterocycles. The molecule has 0 aliphatic carbocycles. The quantitative estimate of drug-likeness (QED) is 0.466. The number of aliphatic imine (C=N–C) groups is 1. The monoisotopic (exact) mass is 589 g/mol. The predicted octanol–water partition coefficient (Wildman–Crippen LogP) is 4.93. The molecule has 5 rings (SSSR count). The maximum absolute atomic E-state index is 14.0. The number of esters is 1. The van der Waals surface area contributed by atoms with E-state index >= 15 is 0 Å². The Kier molecular flexibility index (Phi) is 7.89. The fourth-order valence-corrected chi connectivity index (χ4v) is 6.53. The summed E-state index contributed by atoms with van der Waals surface area (Å²) in [6.07, 6.45) is 6.11. The number of amidine groups is 1. The van der Waals surface area contributed by atoms with Gasteiger partial charge in [0.25, 0.3) is 0 Å². The van der Waals surface area contributed by atoms with Crippen molar-refractivity contribution in [1.29, 1.82) is 0 Å². The van der Waals surface area contributed by atoms with Crippen LogP contribution < -0.4 is 10.6 Å². The molecule has 1 aromatic carbocycles. The smallest absolute Gasteiger partial charge is 0.338 e. The SMILES string of the molecule is CCOC(=O)C1=C(CC2CCCCN3C(=O)NCC3C2)NC(c2nccs2)=NC1c1ccc(F)cc1Br. The van der Waals surface area contributed by atoms with E-state index in [9.17, 15) is 14.0 Å². The fourth-order valence-electron chi connectivity index (χ4n) is 5.37. The van der Waals surface area contributed by atoms with Crippen LogP contribution in [0.25, 0.3) is 0 Å². The van der Waals surface area contributed by atoms with E-state index in [1.54, 1.807) is 19.2 Å². The first-order valence-corrected chi connectivity index (χ1v) is 14.3. The highest BCUT2D eigenvalue weighted by Crippen LogP contribution is 2.39. The van der Waals surface area contributed by atoms with Crippen LogP contribution in [-0.4, -0.2) is 53.5 Å². The number of allylic oxidation sites excluding steroid dienone is 1. The van der Waals surface area contributed by atoms with Crippen LogP contribution in [-0.2, 0) is 9.53 Å². The van der Waals surface area contributed by atoms with Crippen LogP contribution >= 0.6 is 27.3 Å². The second-order valence-corrected chi connectivity index (χ2v) is 11.2. The molecule has 3 unspecified atom stereocenters. The van der Waals surface area contributed by atoms with Crippen molar-refractivity contribution < 1.29 is 18.7 Å². The van der Waals surface area contributed by atoms with Gasteiger partial charge in [0.15, 0.2) is 10.8 Å². The number of hydrogen-bond acceptors (Lipinski definition) is 7. The molecule has 2 fully saturated rings. The molecule has 37 heavy (non-hydrogen) atoms. The Balaban J connectivity index is 1.55. The van der Waals surface area contributed by atoms with E-state index in [0.29, 0.717) is 39.4 Å². The van der Waals surface area contributed by atoms with Gasteiger partial charge in [-0.2, -0.15) is 0 Å². The van der Waals surface area contributed by atoms with Gasteiger partial charge in [-0.15, -0.1) is 11.3 Å². The first-order valence-electron chi connectivity index (χ1n) is 12.6. The van der Waals surface area contributed by atoms with Crippen molar-refractivity contribution in [2.24, 2.45) is 10.9 Å². The van der Waals surface area contributed by atoms with Gasteiger partial charge in [-0.3, -0.25) is 4.99 Å². The number of nitrogens with zero attached hydrogens (tertiary/aromatic N) is 3. The van der Waals surface area contributed by atoms with Gasteiger partial charge in [0, 0.05) is 34.8 Å². The summed E-state index contributed by atoms with van der Waals surface area (Å²) in [6.45, 7) is 3.42. The molecule has 11 heteroatoms. The Morgan fingerprint density at radius 3 is 2.97 bits per heavy atom. The van der Waals surface area contributed by atoms with Gasteiger partial charge < -0.3 is 20.3 Å². The number of benzene rings is 1. The number of aromatic nitrogens is 1. The molecule has 3 atom stereocenters. The van der Waals surface area contributed by atoms with E-state index in [1.165, 1.54) is 23.5 Å². The van der Waals surface area contributed by atoms with E-state index in [2.05, 4.69) is 31.5 Å². The van der Waals surface area contributed by atoms with Crippen molar-refractivity contribution in [2.45, 2.75) is 51.1 Å². The number of ether oxygens (including phenoxy) is 1. The van der Waals surface area contributed by atoms with Crippen molar-refractivity contribution >= 4 is 45.1 Å². The third kappa shape index (κ3) is 5.57. The summed E-state index contributed by atoms with van der Waals surface area (Å²) in [4.78, 5) is 37.0. The van der Waals surface area contributed by atoms with Gasteiger partial charge >= 0.3 is 12.0 Å². The third-order valence-corrected chi connectivity index (χ3v) is 8.53. The summed E-state index contributed by atoms with van der Waals surface area (Å²) in [5, 5.41) is 8.97. The maximum atomic E-state index is 14.0. The lowest BCUT2D eigenvalue weighted by molar-refractivity contribution is -0.139. The van der Waals surface area contributed by atoms with Gasteiger partial charge in [0.1, 0.15) is 11.9 Å². The molecular formula is C26H29BrFN5O3S. The first-order chi connectivity index (χ1) is 17.9. The predicted molar refractivity (Wildman–Crippen MR) is 143 cm³/mol. The number of urea groups is 1. The topological polar surface area (TPSA) is 95.9 Å². The minimum Gasteiger partial charge on any atom is -0.463 e. The van der Waals surface area contributed by atoms with Gasteiger partial charge in [0.05, 0.1) is 18.2 Å². The molecular weight excluding hydrogens is 561 g/mol. The zero-order valence-electron chi connectivity index (χ0n) is 20.5. The minimum atomic E-state index is -0.691. The highest BCUT2D eigenvalue weighted by molar-refractivity contribution is 9.10. The second-order valence-electron chi connectivity index (χ2n) is 9.46. The van der Waals surface area contributed by atoms with Crippen LogP contribution in [0, 0.1) is 11.7 Å². The van der Waals surface area contributed by atoms with Crippen LogP contribution in [0.5, 0.6) is 0 Å². The van der Waals surface area contributed by atoms with Gasteiger partial charge in [0.2, 0.25) is 0 Å². The molecule has 196 valence electrons. The number of carbonyl (C=O) groups excluding carboxylic acids is 2. The summed E-state index contributed by atoms with van der Waals surface area (Å²) in [6, 6.07) is 3.86. The number of thiazole rings is 1. The first kappa shape index (κ1) is 25.8. The zero-order valence-corrected chi connectivity index (χ0v) is 22.9. The average molecular weight is 591 g/mol. The number of rotatable bonds is 6. The Hall–Kier alpha value is -2.79. The van der Waals surface area contributed by atoms with Crippen LogP contribution in [0.3, 0.4) is 0 Å². The number of carbonyl (C=O) groups is 2. The Morgan fingerprint density at radius 1 is 1.35 bits per heavy atom. The Morgan fingerprint density at radius 2 is 2.22 bits per heavy atom. The molecule has 0 spiro atoms. The Bertz CT molecular complexity index is 1230. The molecule has 0 bridgehead atoms. The maximum Gasteiger partial charge on any atom is 0.338 e. The summed E-state index contributed by atoms with van der Waals surface area (Å²) in [5.41, 5.74) is 1.84. The summed E-state index contributed by atoms with van der Waals surface area (Å²) in [5.74, 6) is -0.00227. The lowest BCUT2D eigenvalue weighted by Gasteiger charge is -2.33. The van der Waals surface area contributed by atoms with Crippen molar-refractivity contribution in [3.63, 3.8) is 0 Å².